The van der Waals surface area contributed by atoms with Crippen molar-refractivity contribution in [2.24, 2.45) is 5.73 Å². The minimum atomic E-state index is -3.69. The van der Waals surface area contributed by atoms with Gasteiger partial charge in [0, 0.05) is 19.0 Å². The van der Waals surface area contributed by atoms with Gasteiger partial charge in [0.15, 0.2) is 17.6 Å². The molecule has 1 unspecified atom stereocenters. The molecule has 0 saturated carbocycles. The molecule has 3 amide bonds. The lowest BCUT2D eigenvalue weighted by Gasteiger charge is -2.18. The highest BCUT2D eigenvalue weighted by Gasteiger charge is 2.20. The third-order valence-corrected chi connectivity index (χ3v) is 5.56. The van der Waals surface area contributed by atoms with E-state index in [0.717, 1.165) is 0 Å². The van der Waals surface area contributed by atoms with Gasteiger partial charge in [-0.05, 0) is 31.9 Å². The topological polar surface area (TPSA) is 163 Å². The van der Waals surface area contributed by atoms with Gasteiger partial charge in [0.2, 0.25) is 10.0 Å². The van der Waals surface area contributed by atoms with Crippen LogP contribution in [0.2, 0.25) is 0 Å². The first-order valence-electron chi connectivity index (χ1n) is 9.38. The summed E-state index contributed by atoms with van der Waals surface area (Å²) < 4.78 is 42.9. The number of fused-ring (bicyclic) bond motifs is 1. The van der Waals surface area contributed by atoms with Crippen molar-refractivity contribution < 1.29 is 37.0 Å². The number of carbonyl (C=O) groups excluding carboxylic acids is 3. The fraction of sp³-hybridized carbons (Fsp3) is 0.500. The molecule has 0 radical (unpaired) electrons. The SMILES string of the molecule is CC(OC(=O)CCCCCNS(=O)(=O)c1ccc2c(c1)OCCO2)C(=O)NC(N)=O. The largest absolute Gasteiger partial charge is 0.486 e. The van der Waals surface area contributed by atoms with Gasteiger partial charge in [-0.2, -0.15) is 0 Å². The molecule has 0 fully saturated rings. The van der Waals surface area contributed by atoms with Crippen molar-refractivity contribution in [2.75, 3.05) is 19.8 Å². The zero-order valence-corrected chi connectivity index (χ0v) is 17.3. The van der Waals surface area contributed by atoms with Gasteiger partial charge in [0.25, 0.3) is 5.91 Å². The molecule has 1 heterocycles. The molecule has 2 rings (SSSR count). The molecular formula is C18H25N3O8S. The number of nitrogens with two attached hydrogens (primary N) is 1. The van der Waals surface area contributed by atoms with Crippen LogP contribution in [0.15, 0.2) is 23.1 Å². The third kappa shape index (κ3) is 7.19. The van der Waals surface area contributed by atoms with Crippen molar-refractivity contribution in [3.63, 3.8) is 0 Å². The summed E-state index contributed by atoms with van der Waals surface area (Å²) in [6, 6.07) is 3.39. The molecule has 1 aromatic carbocycles. The number of sulfonamides is 1. The highest BCUT2D eigenvalue weighted by Crippen LogP contribution is 2.32. The molecule has 1 aliphatic rings. The maximum atomic E-state index is 12.4. The van der Waals surface area contributed by atoms with Gasteiger partial charge in [0.1, 0.15) is 13.2 Å². The van der Waals surface area contributed by atoms with Crippen molar-refractivity contribution in [1.29, 1.82) is 0 Å². The Labute approximate surface area is 174 Å². The number of imide groups is 1. The smallest absolute Gasteiger partial charge is 0.318 e. The molecule has 0 aliphatic carbocycles. The molecule has 4 N–H and O–H groups in total. The van der Waals surface area contributed by atoms with E-state index in [9.17, 15) is 22.8 Å². The van der Waals surface area contributed by atoms with E-state index < -0.39 is 34.0 Å². The first-order valence-corrected chi connectivity index (χ1v) is 10.9. The van der Waals surface area contributed by atoms with Crippen LogP contribution in [0.5, 0.6) is 11.5 Å². The lowest BCUT2D eigenvalue weighted by atomic mass is 10.2. The number of benzene rings is 1. The van der Waals surface area contributed by atoms with E-state index in [-0.39, 0.29) is 17.9 Å². The highest BCUT2D eigenvalue weighted by atomic mass is 32.2. The van der Waals surface area contributed by atoms with Crippen LogP contribution in [0.25, 0.3) is 0 Å². The molecule has 1 atom stereocenters. The number of hydrogen-bond donors (Lipinski definition) is 3. The van der Waals surface area contributed by atoms with Crippen molar-refractivity contribution in [3.8, 4) is 11.5 Å². The van der Waals surface area contributed by atoms with E-state index in [4.69, 9.17) is 19.9 Å². The second-order valence-electron chi connectivity index (χ2n) is 6.50. The summed E-state index contributed by atoms with van der Waals surface area (Å²) in [5.41, 5.74) is 4.81. The van der Waals surface area contributed by atoms with Gasteiger partial charge in [-0.1, -0.05) is 6.42 Å². The van der Waals surface area contributed by atoms with E-state index in [1.54, 1.807) is 6.07 Å². The highest BCUT2D eigenvalue weighted by molar-refractivity contribution is 7.89. The molecule has 0 bridgehead atoms. The van der Waals surface area contributed by atoms with Crippen LogP contribution >= 0.6 is 0 Å². The summed E-state index contributed by atoms with van der Waals surface area (Å²) in [4.78, 5) is 33.8. The fourth-order valence-corrected chi connectivity index (χ4v) is 3.67. The minimum Gasteiger partial charge on any atom is -0.486 e. The second-order valence-corrected chi connectivity index (χ2v) is 8.27. The number of primary amides is 1. The molecule has 0 aromatic heterocycles. The van der Waals surface area contributed by atoms with Gasteiger partial charge in [0.05, 0.1) is 4.90 Å². The molecular weight excluding hydrogens is 418 g/mol. The second kappa shape index (κ2) is 10.8. The number of urea groups is 1. The van der Waals surface area contributed by atoms with Crippen LogP contribution in [0.1, 0.15) is 32.6 Å². The van der Waals surface area contributed by atoms with Gasteiger partial charge >= 0.3 is 12.0 Å². The molecule has 1 aliphatic heterocycles. The average molecular weight is 443 g/mol. The number of nitrogens with one attached hydrogen (secondary N) is 2. The van der Waals surface area contributed by atoms with Crippen molar-refractivity contribution >= 4 is 27.9 Å². The predicted octanol–water partition coefficient (Wildman–Crippen LogP) is 0.423. The van der Waals surface area contributed by atoms with E-state index in [2.05, 4.69) is 4.72 Å². The summed E-state index contributed by atoms with van der Waals surface area (Å²) in [7, 11) is -3.69. The van der Waals surface area contributed by atoms with Crippen molar-refractivity contribution in [3.05, 3.63) is 18.2 Å². The first kappa shape index (κ1) is 23.4. The van der Waals surface area contributed by atoms with Crippen LogP contribution in [-0.4, -0.2) is 52.2 Å². The monoisotopic (exact) mass is 443 g/mol. The Kier molecular flexibility index (Phi) is 8.42. The van der Waals surface area contributed by atoms with Crippen LogP contribution in [0.3, 0.4) is 0 Å². The first-order chi connectivity index (χ1) is 14.2. The lowest BCUT2D eigenvalue weighted by Crippen LogP contribution is -2.42. The Morgan fingerprint density at radius 1 is 1.13 bits per heavy atom. The van der Waals surface area contributed by atoms with Crippen LogP contribution in [-0.2, 0) is 24.3 Å². The van der Waals surface area contributed by atoms with E-state index >= 15 is 0 Å². The Balaban J connectivity index is 1.67. The normalized spacial score (nSPS) is 13.9. The molecule has 1 aromatic rings. The van der Waals surface area contributed by atoms with Crippen LogP contribution in [0.4, 0.5) is 4.79 Å². The fourth-order valence-electron chi connectivity index (χ4n) is 2.58. The molecule has 0 saturated heterocycles. The number of amides is 3. The van der Waals surface area contributed by atoms with Crippen LogP contribution in [0, 0.1) is 0 Å². The number of esters is 1. The number of unbranched alkanes of at least 4 members (excludes halogenated alkanes) is 2. The Morgan fingerprint density at radius 3 is 2.53 bits per heavy atom. The number of rotatable bonds is 10. The Morgan fingerprint density at radius 2 is 1.83 bits per heavy atom. The summed E-state index contributed by atoms with van der Waals surface area (Å²) in [6.45, 7) is 2.30. The third-order valence-electron chi connectivity index (χ3n) is 4.10. The van der Waals surface area contributed by atoms with Gasteiger partial charge in [-0.3, -0.25) is 14.9 Å². The zero-order chi connectivity index (χ0) is 22.1. The van der Waals surface area contributed by atoms with Gasteiger partial charge in [-0.25, -0.2) is 17.9 Å². The van der Waals surface area contributed by atoms with Crippen molar-refractivity contribution in [2.45, 2.75) is 43.6 Å². The standard InChI is InChI=1S/C18H25N3O8S/c1-12(17(23)21-18(19)24)29-16(22)5-3-2-4-8-20-30(25,26)13-6-7-14-15(11-13)28-10-9-27-14/h6-7,11-12,20H,2-5,8-10H2,1H3,(H3,19,21,23,24). The maximum absolute atomic E-state index is 12.4. The summed E-state index contributed by atoms with van der Waals surface area (Å²) in [5.74, 6) is -0.502. The number of hydrogen-bond acceptors (Lipinski definition) is 8. The van der Waals surface area contributed by atoms with E-state index in [1.807, 2.05) is 5.32 Å². The Bertz CT molecular complexity index is 887. The molecule has 11 nitrogen and oxygen atoms in total. The van der Waals surface area contributed by atoms with E-state index in [0.29, 0.717) is 44.0 Å². The molecule has 0 spiro atoms. The summed E-state index contributed by atoms with van der Waals surface area (Å²) in [6.07, 6.45) is 0.454. The zero-order valence-electron chi connectivity index (χ0n) is 16.5. The van der Waals surface area contributed by atoms with Crippen molar-refractivity contribution in [1.82, 2.24) is 10.0 Å². The molecule has 30 heavy (non-hydrogen) atoms. The summed E-state index contributed by atoms with van der Waals surface area (Å²) >= 11 is 0. The maximum Gasteiger partial charge on any atom is 0.318 e. The Hall–Kier alpha value is -2.86. The molecule has 166 valence electrons. The number of ether oxygens (including phenoxy) is 3. The number of carbonyl (C=O) groups is 3. The average Bonchev–Trinajstić information content (AvgIpc) is 2.69. The van der Waals surface area contributed by atoms with Gasteiger partial charge < -0.3 is 19.9 Å². The lowest BCUT2D eigenvalue weighted by molar-refractivity contribution is -0.154. The minimum absolute atomic E-state index is 0.0586. The van der Waals surface area contributed by atoms with Gasteiger partial charge in [-0.15, -0.1) is 0 Å². The quantitative estimate of drug-likeness (QED) is 0.346. The van der Waals surface area contributed by atoms with Crippen LogP contribution < -0.4 is 25.2 Å². The summed E-state index contributed by atoms with van der Waals surface area (Å²) in [5, 5.41) is 1.82. The molecule has 12 heteroatoms. The predicted molar refractivity (Wildman–Crippen MR) is 104 cm³/mol. The van der Waals surface area contributed by atoms with E-state index in [1.165, 1.54) is 19.1 Å².